The van der Waals surface area contributed by atoms with E-state index in [0.29, 0.717) is 18.5 Å². The van der Waals surface area contributed by atoms with E-state index in [2.05, 4.69) is 27.7 Å². The molecule has 0 spiro atoms. The third-order valence-electron chi connectivity index (χ3n) is 8.61. The summed E-state index contributed by atoms with van der Waals surface area (Å²) >= 11 is 0. The molecule has 0 radical (unpaired) electrons. The van der Waals surface area contributed by atoms with Gasteiger partial charge < -0.3 is 9.45 Å². The minimum Gasteiger partial charge on any atom is -0.748 e. The summed E-state index contributed by atoms with van der Waals surface area (Å²) < 4.78 is 33.5. The summed E-state index contributed by atoms with van der Waals surface area (Å²) in [6.45, 7) is 10.0. The summed E-state index contributed by atoms with van der Waals surface area (Å²) in [6, 6.07) is 1.07. The van der Waals surface area contributed by atoms with Gasteiger partial charge in [-0.05, 0) is 39.5 Å². The first-order valence-corrected chi connectivity index (χ1v) is 18.7. The van der Waals surface area contributed by atoms with Crippen molar-refractivity contribution in [3.05, 3.63) is 0 Å². The van der Waals surface area contributed by atoms with E-state index in [9.17, 15) is 13.0 Å². The molecule has 0 aliphatic rings. The number of unbranched alkanes of at least 4 members (excludes halogenated alkanes) is 20. The molecular formula is C33H69NO3S. The Balaban J connectivity index is 4.14. The number of quaternary nitrogens is 1. The normalized spacial score (nSPS) is 14.6. The summed E-state index contributed by atoms with van der Waals surface area (Å²) in [7, 11) is -4.11. The van der Waals surface area contributed by atoms with Crippen LogP contribution in [0.2, 0.25) is 0 Å². The predicted octanol–water partition coefficient (Wildman–Crippen LogP) is 8.99. The van der Waals surface area contributed by atoms with E-state index < -0.39 is 10.1 Å². The van der Waals surface area contributed by atoms with Gasteiger partial charge >= 0.3 is 0 Å². The highest BCUT2D eigenvalue weighted by Gasteiger charge is 2.23. The Kier molecular flexibility index (Phi) is 27.0. The fourth-order valence-corrected chi connectivity index (χ4v) is 6.53. The van der Waals surface area contributed by atoms with E-state index in [-0.39, 0.29) is 5.75 Å². The molecule has 0 bridgehead atoms. The fourth-order valence-electron chi connectivity index (χ4n) is 6.03. The van der Waals surface area contributed by atoms with Crippen molar-refractivity contribution in [2.75, 3.05) is 12.3 Å². The van der Waals surface area contributed by atoms with Gasteiger partial charge in [-0.1, -0.05) is 142 Å². The Morgan fingerprint density at radius 1 is 0.500 bits per heavy atom. The van der Waals surface area contributed by atoms with Gasteiger partial charge in [0.15, 0.2) is 0 Å². The van der Waals surface area contributed by atoms with Crippen LogP contribution < -0.4 is 4.90 Å². The third kappa shape index (κ3) is 26.1. The summed E-state index contributed by atoms with van der Waals surface area (Å²) in [5.74, 6) is -0.215. The van der Waals surface area contributed by atoms with E-state index in [1.165, 1.54) is 159 Å². The van der Waals surface area contributed by atoms with Crippen molar-refractivity contribution in [1.82, 2.24) is 0 Å². The lowest BCUT2D eigenvalue weighted by molar-refractivity contribution is -0.946. The first kappa shape index (κ1) is 37.9. The van der Waals surface area contributed by atoms with Gasteiger partial charge in [0, 0.05) is 12.2 Å². The van der Waals surface area contributed by atoms with Crippen LogP contribution in [0.5, 0.6) is 0 Å². The molecule has 2 atom stereocenters. The number of nitrogens with one attached hydrogen (secondary N) is 1. The maximum absolute atomic E-state index is 11.2. The van der Waals surface area contributed by atoms with Gasteiger partial charge in [0.25, 0.3) is 0 Å². The number of rotatable bonds is 30. The lowest BCUT2D eigenvalue weighted by Gasteiger charge is -2.32. The summed E-state index contributed by atoms with van der Waals surface area (Å²) in [6.07, 6.45) is 33.0. The van der Waals surface area contributed by atoms with Crippen molar-refractivity contribution in [2.24, 2.45) is 0 Å². The lowest BCUT2D eigenvalue weighted by Crippen LogP contribution is -3.18. The second kappa shape index (κ2) is 27.1. The summed E-state index contributed by atoms with van der Waals surface area (Å²) in [5.41, 5.74) is 0. The van der Waals surface area contributed by atoms with E-state index in [0.717, 1.165) is 6.54 Å². The van der Waals surface area contributed by atoms with Crippen LogP contribution in [0.1, 0.15) is 188 Å². The zero-order valence-electron chi connectivity index (χ0n) is 26.4. The van der Waals surface area contributed by atoms with Crippen LogP contribution >= 0.6 is 0 Å². The van der Waals surface area contributed by atoms with E-state index in [1.54, 1.807) is 0 Å². The molecule has 0 amide bonds. The second-order valence-electron chi connectivity index (χ2n) is 12.4. The fraction of sp³-hybridized carbons (Fsp3) is 1.00. The average Bonchev–Trinajstić information content (AvgIpc) is 2.87. The first-order chi connectivity index (χ1) is 18.3. The van der Waals surface area contributed by atoms with Crippen LogP contribution in [-0.4, -0.2) is 37.4 Å². The molecule has 0 heterocycles. The number of hydrogen-bond acceptors (Lipinski definition) is 3. The molecule has 4 nitrogen and oxygen atoms in total. The van der Waals surface area contributed by atoms with Gasteiger partial charge in [0.2, 0.25) is 0 Å². The van der Waals surface area contributed by atoms with Crippen LogP contribution in [0.25, 0.3) is 0 Å². The highest BCUT2D eigenvalue weighted by molar-refractivity contribution is 7.85. The van der Waals surface area contributed by atoms with Gasteiger partial charge in [-0.2, -0.15) is 0 Å². The number of hydrogen-bond donors (Lipinski definition) is 1. The summed E-state index contributed by atoms with van der Waals surface area (Å²) in [4.78, 5) is 1.52. The molecule has 0 saturated heterocycles. The predicted molar refractivity (Wildman–Crippen MR) is 166 cm³/mol. The van der Waals surface area contributed by atoms with Gasteiger partial charge in [-0.25, -0.2) is 8.42 Å². The van der Waals surface area contributed by atoms with E-state index in [4.69, 9.17) is 0 Å². The van der Waals surface area contributed by atoms with E-state index >= 15 is 0 Å². The largest absolute Gasteiger partial charge is 0.748 e. The Hall–Kier alpha value is -0.130. The van der Waals surface area contributed by atoms with Crippen molar-refractivity contribution < 1.29 is 17.9 Å². The molecule has 0 fully saturated rings. The Bertz CT molecular complexity index is 549. The van der Waals surface area contributed by atoms with Crippen molar-refractivity contribution in [3.8, 4) is 0 Å². The molecule has 1 N–H and O–H groups in total. The molecule has 5 heteroatoms. The molecule has 2 unspecified atom stereocenters. The SMILES string of the molecule is CCCCCCCCCCCCCC(C)[NH+](CCCS(=O)(=O)[O-])C(C)CCCCCCCCCCCCC. The minimum atomic E-state index is -4.11. The van der Waals surface area contributed by atoms with Crippen molar-refractivity contribution in [1.29, 1.82) is 0 Å². The third-order valence-corrected chi connectivity index (χ3v) is 9.40. The van der Waals surface area contributed by atoms with Crippen molar-refractivity contribution in [2.45, 2.75) is 200 Å². The molecule has 0 aliphatic heterocycles. The topological polar surface area (TPSA) is 61.6 Å². The Labute approximate surface area is 240 Å². The minimum absolute atomic E-state index is 0.215. The van der Waals surface area contributed by atoms with Gasteiger partial charge in [-0.3, -0.25) is 0 Å². The Morgan fingerprint density at radius 3 is 1.08 bits per heavy atom. The maximum Gasteiger partial charge on any atom is 0.0948 e. The maximum atomic E-state index is 11.2. The highest BCUT2D eigenvalue weighted by Crippen LogP contribution is 2.14. The second-order valence-corrected chi connectivity index (χ2v) is 13.9. The smallest absolute Gasteiger partial charge is 0.0948 e. The van der Waals surface area contributed by atoms with Crippen LogP contribution in [-0.2, 0) is 10.1 Å². The molecule has 38 heavy (non-hydrogen) atoms. The molecule has 0 saturated carbocycles. The molecule has 0 rings (SSSR count). The van der Waals surface area contributed by atoms with Crippen LogP contribution in [0.4, 0.5) is 0 Å². The molecule has 230 valence electrons. The van der Waals surface area contributed by atoms with Crippen LogP contribution in [0.15, 0.2) is 0 Å². The monoisotopic (exact) mass is 559 g/mol. The average molecular weight is 560 g/mol. The van der Waals surface area contributed by atoms with Gasteiger partial charge in [-0.15, -0.1) is 0 Å². The van der Waals surface area contributed by atoms with Gasteiger partial charge in [0.1, 0.15) is 0 Å². The van der Waals surface area contributed by atoms with Crippen LogP contribution in [0.3, 0.4) is 0 Å². The van der Waals surface area contributed by atoms with E-state index in [1.807, 2.05) is 0 Å². The molecular weight excluding hydrogens is 490 g/mol. The summed E-state index contributed by atoms with van der Waals surface area (Å²) in [5, 5.41) is 0. The quantitative estimate of drug-likeness (QED) is 0.0705. The highest BCUT2D eigenvalue weighted by atomic mass is 32.2. The first-order valence-electron chi connectivity index (χ1n) is 17.1. The van der Waals surface area contributed by atoms with Crippen molar-refractivity contribution >= 4 is 10.1 Å². The zero-order chi connectivity index (χ0) is 28.3. The molecule has 0 aliphatic carbocycles. The Morgan fingerprint density at radius 2 is 0.789 bits per heavy atom. The molecule has 0 aromatic carbocycles. The van der Waals surface area contributed by atoms with Gasteiger partial charge in [0.05, 0.1) is 28.7 Å². The zero-order valence-corrected chi connectivity index (χ0v) is 27.2. The van der Waals surface area contributed by atoms with Crippen molar-refractivity contribution in [3.63, 3.8) is 0 Å². The lowest BCUT2D eigenvalue weighted by atomic mass is 10.0. The standard InChI is InChI=1S/C33H69NO3S/c1-5-7-9-11-13-15-17-19-21-23-25-28-32(3)34(30-27-31-38(35,36)37)33(4)29-26-24-22-20-18-16-14-12-10-8-6-2/h32-33H,5-31H2,1-4H3,(H,35,36,37). The molecule has 0 aromatic heterocycles. The van der Waals surface area contributed by atoms with Crippen LogP contribution in [0, 0.1) is 0 Å². The molecule has 0 aromatic rings.